The fourth-order valence-electron chi connectivity index (χ4n) is 5.81. The molecule has 7 nitrogen and oxygen atoms in total. The Morgan fingerprint density at radius 1 is 1.08 bits per heavy atom. The summed E-state index contributed by atoms with van der Waals surface area (Å²) in [5.74, 6) is -1.54. The predicted molar refractivity (Wildman–Crippen MR) is 145 cm³/mol. The van der Waals surface area contributed by atoms with Gasteiger partial charge in [-0.25, -0.2) is 0 Å². The Morgan fingerprint density at radius 3 is 2.45 bits per heavy atom. The smallest absolute Gasteiger partial charge is 0.233 e. The van der Waals surface area contributed by atoms with Crippen LogP contribution < -0.4 is 4.74 Å². The average molecular weight is 520 g/mol. The fourth-order valence-corrected chi connectivity index (χ4v) is 5.81. The molecule has 2 aliphatic rings. The highest BCUT2D eigenvalue weighted by Crippen LogP contribution is 2.46. The van der Waals surface area contributed by atoms with Gasteiger partial charge in [-0.05, 0) is 66.7 Å². The number of likely N-dealkylation sites (tertiary alicyclic amines) is 1. The van der Waals surface area contributed by atoms with Crippen molar-refractivity contribution in [1.29, 1.82) is 0 Å². The highest BCUT2D eigenvalue weighted by molar-refractivity contribution is 6.05. The van der Waals surface area contributed by atoms with Gasteiger partial charge in [-0.3, -0.25) is 14.5 Å². The zero-order valence-electron chi connectivity index (χ0n) is 22.0. The van der Waals surface area contributed by atoms with Gasteiger partial charge in [0.2, 0.25) is 11.8 Å². The molecule has 0 radical (unpaired) electrons. The number of aromatic hydroxyl groups is 1. The van der Waals surface area contributed by atoms with Crippen molar-refractivity contribution in [3.8, 4) is 11.5 Å². The Bertz CT molecular complexity index is 1190. The standard InChI is InChI=1S/C31H37NO6/c1-3-7-20(16-21-10-13-23(34)14-11-21)12-15-27(35)28-22(19-38-24-8-5-4-6-9-24)17-25-29(26(28)18-33)31(37)32(2)30(25)36/h4-6,8-11,13-14,16,25-27,29,33-35H,3,7,12,15,17-19H2,1-2H3/b20-16+/t25-,26+,27-,29-/m1/s1. The van der Waals surface area contributed by atoms with Crippen LogP contribution >= 0.6 is 0 Å². The zero-order valence-corrected chi connectivity index (χ0v) is 22.0. The molecule has 1 heterocycles. The van der Waals surface area contributed by atoms with Crippen molar-refractivity contribution < 1.29 is 29.6 Å². The number of nitrogens with zero attached hydrogens (tertiary/aromatic N) is 1. The number of rotatable bonds is 11. The van der Waals surface area contributed by atoms with E-state index in [1.54, 1.807) is 12.1 Å². The van der Waals surface area contributed by atoms with E-state index in [0.717, 1.165) is 28.9 Å². The number of phenols is 1. The van der Waals surface area contributed by atoms with E-state index >= 15 is 0 Å². The lowest BCUT2D eigenvalue weighted by molar-refractivity contribution is -0.138. The molecule has 1 saturated heterocycles. The highest BCUT2D eigenvalue weighted by Gasteiger charge is 2.53. The molecule has 1 aliphatic heterocycles. The van der Waals surface area contributed by atoms with Gasteiger partial charge in [-0.2, -0.15) is 0 Å². The highest BCUT2D eigenvalue weighted by atomic mass is 16.5. The van der Waals surface area contributed by atoms with E-state index in [1.807, 2.05) is 42.5 Å². The molecule has 1 aliphatic carbocycles. The summed E-state index contributed by atoms with van der Waals surface area (Å²) in [5.41, 5.74) is 3.55. The summed E-state index contributed by atoms with van der Waals surface area (Å²) >= 11 is 0. The Labute approximate surface area is 224 Å². The molecule has 202 valence electrons. The summed E-state index contributed by atoms with van der Waals surface area (Å²) in [7, 11) is 1.48. The lowest BCUT2D eigenvalue weighted by atomic mass is 9.68. The number of fused-ring (bicyclic) bond motifs is 1. The minimum atomic E-state index is -0.892. The van der Waals surface area contributed by atoms with Crippen LogP contribution in [0, 0.1) is 17.8 Å². The Morgan fingerprint density at radius 2 is 1.79 bits per heavy atom. The molecule has 0 unspecified atom stereocenters. The molecule has 0 spiro atoms. The summed E-state index contributed by atoms with van der Waals surface area (Å²) < 4.78 is 6.02. The molecule has 0 saturated carbocycles. The van der Waals surface area contributed by atoms with Gasteiger partial charge in [-0.1, -0.05) is 55.3 Å². The van der Waals surface area contributed by atoms with Crippen LogP contribution in [0.25, 0.3) is 6.08 Å². The van der Waals surface area contributed by atoms with E-state index in [0.29, 0.717) is 30.6 Å². The van der Waals surface area contributed by atoms with Crippen molar-refractivity contribution in [1.82, 2.24) is 4.90 Å². The second kappa shape index (κ2) is 12.4. The van der Waals surface area contributed by atoms with Gasteiger partial charge in [0, 0.05) is 13.0 Å². The van der Waals surface area contributed by atoms with Crippen molar-refractivity contribution in [3.05, 3.63) is 76.9 Å². The molecule has 4 atom stereocenters. The maximum Gasteiger partial charge on any atom is 0.233 e. The third-order valence-corrected chi connectivity index (χ3v) is 7.69. The van der Waals surface area contributed by atoms with Crippen LogP contribution in [-0.4, -0.2) is 58.4 Å². The Hall–Kier alpha value is -3.42. The first-order valence-corrected chi connectivity index (χ1v) is 13.3. The first-order chi connectivity index (χ1) is 18.3. The van der Waals surface area contributed by atoms with Crippen LogP contribution in [0.15, 0.2) is 71.3 Å². The van der Waals surface area contributed by atoms with Crippen molar-refractivity contribution in [2.75, 3.05) is 20.3 Å². The van der Waals surface area contributed by atoms with Crippen LogP contribution in [-0.2, 0) is 9.59 Å². The van der Waals surface area contributed by atoms with Crippen LogP contribution in [0.5, 0.6) is 11.5 Å². The van der Waals surface area contributed by atoms with Gasteiger partial charge in [0.05, 0.1) is 24.5 Å². The number of para-hydroxylation sites is 1. The Kier molecular flexibility index (Phi) is 9.02. The number of ether oxygens (including phenoxy) is 1. The van der Waals surface area contributed by atoms with E-state index < -0.39 is 23.9 Å². The van der Waals surface area contributed by atoms with Gasteiger partial charge in [0.25, 0.3) is 0 Å². The molecule has 38 heavy (non-hydrogen) atoms. The number of aliphatic hydroxyl groups excluding tert-OH is 2. The van der Waals surface area contributed by atoms with E-state index in [9.17, 15) is 24.9 Å². The number of hydrogen-bond acceptors (Lipinski definition) is 6. The Balaban J connectivity index is 1.61. The zero-order chi connectivity index (χ0) is 27.2. The minimum absolute atomic E-state index is 0.173. The lowest BCUT2D eigenvalue weighted by Gasteiger charge is -2.36. The lowest BCUT2D eigenvalue weighted by Crippen LogP contribution is -2.39. The molecule has 4 rings (SSSR count). The molecular weight excluding hydrogens is 482 g/mol. The van der Waals surface area contributed by atoms with Crippen LogP contribution in [0.3, 0.4) is 0 Å². The number of phenolic OH excluding ortho intramolecular Hbond substituents is 1. The van der Waals surface area contributed by atoms with Gasteiger partial charge in [0.15, 0.2) is 0 Å². The number of allylic oxidation sites excluding steroid dienone is 1. The van der Waals surface area contributed by atoms with Crippen LogP contribution in [0.4, 0.5) is 0 Å². The number of benzene rings is 2. The quantitative estimate of drug-likeness (QED) is 0.301. The SMILES string of the molecule is CCC/C(=C\c1ccc(O)cc1)CC[C@@H](O)C1=C(COc2ccccc2)C[C@H]2C(=O)N(C)C(=O)[C@H]2[C@H]1CO. The van der Waals surface area contributed by atoms with Crippen molar-refractivity contribution in [2.45, 2.75) is 45.1 Å². The van der Waals surface area contributed by atoms with Gasteiger partial charge >= 0.3 is 0 Å². The average Bonchev–Trinajstić information content (AvgIpc) is 3.14. The molecule has 7 heteroatoms. The number of amides is 2. The molecule has 2 aromatic carbocycles. The topological polar surface area (TPSA) is 107 Å². The van der Waals surface area contributed by atoms with Gasteiger partial charge in [-0.15, -0.1) is 0 Å². The first kappa shape index (κ1) is 27.6. The number of aliphatic hydroxyl groups is 2. The summed E-state index contributed by atoms with van der Waals surface area (Å²) in [6.45, 7) is 1.94. The van der Waals surface area contributed by atoms with Crippen molar-refractivity contribution >= 4 is 17.9 Å². The molecule has 3 N–H and O–H groups in total. The number of carbonyl (C=O) groups is 2. The monoisotopic (exact) mass is 519 g/mol. The molecular formula is C31H37NO6. The fraction of sp³-hybridized carbons (Fsp3) is 0.419. The van der Waals surface area contributed by atoms with Crippen LogP contribution in [0.2, 0.25) is 0 Å². The third kappa shape index (κ3) is 6.00. The maximum absolute atomic E-state index is 13.0. The maximum atomic E-state index is 13.0. The first-order valence-electron chi connectivity index (χ1n) is 13.3. The summed E-state index contributed by atoms with van der Waals surface area (Å²) in [6.07, 6.45) is 4.37. The minimum Gasteiger partial charge on any atom is -0.508 e. The van der Waals surface area contributed by atoms with E-state index in [4.69, 9.17) is 4.74 Å². The van der Waals surface area contributed by atoms with Crippen LogP contribution in [0.1, 0.15) is 44.6 Å². The summed E-state index contributed by atoms with van der Waals surface area (Å²) in [4.78, 5) is 27.0. The number of imide groups is 1. The van der Waals surface area contributed by atoms with E-state index in [1.165, 1.54) is 12.6 Å². The largest absolute Gasteiger partial charge is 0.508 e. The molecule has 0 aromatic heterocycles. The second-order valence-electron chi connectivity index (χ2n) is 10.2. The summed E-state index contributed by atoms with van der Waals surface area (Å²) in [6, 6.07) is 16.3. The second-order valence-corrected chi connectivity index (χ2v) is 10.2. The van der Waals surface area contributed by atoms with Crippen molar-refractivity contribution in [2.24, 2.45) is 17.8 Å². The van der Waals surface area contributed by atoms with E-state index in [2.05, 4.69) is 13.0 Å². The molecule has 0 bridgehead atoms. The van der Waals surface area contributed by atoms with Gasteiger partial charge < -0.3 is 20.1 Å². The summed E-state index contributed by atoms with van der Waals surface area (Å²) in [5, 5.41) is 31.5. The molecule has 1 fully saturated rings. The van der Waals surface area contributed by atoms with E-state index in [-0.39, 0.29) is 30.8 Å². The molecule has 2 aromatic rings. The molecule has 2 amide bonds. The third-order valence-electron chi connectivity index (χ3n) is 7.69. The normalized spacial score (nSPS) is 22.6. The predicted octanol–water partition coefficient (Wildman–Crippen LogP) is 4.34. The van der Waals surface area contributed by atoms with Crippen molar-refractivity contribution in [3.63, 3.8) is 0 Å². The number of hydrogen-bond donors (Lipinski definition) is 3. The van der Waals surface area contributed by atoms with Gasteiger partial charge in [0.1, 0.15) is 18.1 Å². The number of carbonyl (C=O) groups excluding carboxylic acids is 2.